The molecular weight excluding hydrogens is 287 g/mol. The Bertz CT molecular complexity index is 737. The summed E-state index contributed by atoms with van der Waals surface area (Å²) in [5, 5.41) is 11.8. The molecule has 1 aliphatic rings. The number of amides is 2. The highest BCUT2D eigenvalue weighted by molar-refractivity contribution is 6.03. The first kappa shape index (κ1) is 14.2. The molecule has 1 fully saturated rings. The van der Waals surface area contributed by atoms with E-state index in [2.05, 4.69) is 20.8 Å². The minimum atomic E-state index is -0.583. The molecule has 3 N–H and O–H groups in total. The summed E-state index contributed by atoms with van der Waals surface area (Å²) in [6.45, 7) is 1.35. The van der Waals surface area contributed by atoms with Gasteiger partial charge in [-0.2, -0.15) is 5.10 Å². The Labute approximate surface area is 126 Å². The first-order chi connectivity index (χ1) is 10.5. The van der Waals surface area contributed by atoms with Gasteiger partial charge in [0.2, 0.25) is 5.91 Å². The van der Waals surface area contributed by atoms with E-state index in [1.807, 2.05) is 0 Å². The zero-order chi connectivity index (χ0) is 15.7. The van der Waals surface area contributed by atoms with Crippen LogP contribution in [0.1, 0.15) is 41.9 Å². The first-order valence-electron chi connectivity index (χ1n) is 6.96. The van der Waals surface area contributed by atoms with E-state index >= 15 is 0 Å². The number of aromatic amines is 1. The molecule has 3 rings (SSSR count). The molecule has 0 saturated heterocycles. The van der Waals surface area contributed by atoms with Gasteiger partial charge in [0.05, 0.1) is 5.69 Å². The number of hydrogen-bond acceptors (Lipinski definition) is 3. The molecule has 114 valence electrons. The van der Waals surface area contributed by atoms with Crippen molar-refractivity contribution in [1.29, 1.82) is 0 Å². The van der Waals surface area contributed by atoms with Crippen LogP contribution in [0.25, 0.3) is 0 Å². The zero-order valence-corrected chi connectivity index (χ0v) is 11.9. The molecule has 7 heteroatoms. The van der Waals surface area contributed by atoms with Crippen LogP contribution < -0.4 is 10.6 Å². The van der Waals surface area contributed by atoms with E-state index in [4.69, 9.17) is 0 Å². The second-order valence-corrected chi connectivity index (χ2v) is 5.31. The van der Waals surface area contributed by atoms with Crippen molar-refractivity contribution in [2.24, 2.45) is 0 Å². The number of benzene rings is 1. The second kappa shape index (κ2) is 5.59. The van der Waals surface area contributed by atoms with E-state index in [9.17, 15) is 14.0 Å². The van der Waals surface area contributed by atoms with Crippen LogP contribution in [-0.4, -0.2) is 22.0 Å². The predicted octanol–water partition coefficient (Wildman–Crippen LogP) is 2.64. The molecule has 6 nitrogen and oxygen atoms in total. The molecule has 1 aliphatic carbocycles. The van der Waals surface area contributed by atoms with E-state index in [1.165, 1.54) is 25.1 Å². The minimum absolute atomic E-state index is 0.00720. The lowest BCUT2D eigenvalue weighted by Gasteiger charge is -2.08. The van der Waals surface area contributed by atoms with Crippen molar-refractivity contribution in [3.8, 4) is 0 Å². The van der Waals surface area contributed by atoms with Crippen LogP contribution in [0.15, 0.2) is 24.3 Å². The number of nitrogens with one attached hydrogen (secondary N) is 3. The molecule has 0 aliphatic heterocycles. The Balaban J connectivity index is 1.75. The summed E-state index contributed by atoms with van der Waals surface area (Å²) in [5.74, 6) is -0.901. The standard InChI is InChI=1S/C15H15FN4O2/c1-8(21)17-10-4-5-11(16)13(6-10)18-15(22)14-7-12(19-20-14)9-2-3-9/h4-7,9H,2-3H2,1H3,(H,17,21)(H,18,22)(H,19,20). The third-order valence-corrected chi connectivity index (χ3v) is 3.38. The highest BCUT2D eigenvalue weighted by Crippen LogP contribution is 2.39. The lowest BCUT2D eigenvalue weighted by molar-refractivity contribution is -0.114. The zero-order valence-electron chi connectivity index (χ0n) is 11.9. The van der Waals surface area contributed by atoms with E-state index < -0.39 is 11.7 Å². The third-order valence-electron chi connectivity index (χ3n) is 3.38. The normalized spacial score (nSPS) is 13.7. The molecule has 1 heterocycles. The van der Waals surface area contributed by atoms with Gasteiger partial charge in [-0.05, 0) is 37.1 Å². The van der Waals surface area contributed by atoms with Crippen molar-refractivity contribution in [3.63, 3.8) is 0 Å². The lowest BCUT2D eigenvalue weighted by atomic mass is 10.2. The number of carbonyl (C=O) groups is 2. The fourth-order valence-electron chi connectivity index (χ4n) is 2.14. The van der Waals surface area contributed by atoms with Crippen molar-refractivity contribution in [1.82, 2.24) is 10.2 Å². The van der Waals surface area contributed by atoms with Gasteiger partial charge >= 0.3 is 0 Å². The van der Waals surface area contributed by atoms with Gasteiger partial charge in [-0.15, -0.1) is 0 Å². The number of hydrogen-bond donors (Lipinski definition) is 3. The molecule has 1 aromatic heterocycles. The van der Waals surface area contributed by atoms with Crippen LogP contribution in [-0.2, 0) is 4.79 Å². The Hall–Kier alpha value is -2.70. The molecule has 0 bridgehead atoms. The number of aromatic nitrogens is 2. The second-order valence-electron chi connectivity index (χ2n) is 5.31. The summed E-state index contributed by atoms with van der Waals surface area (Å²) in [6, 6.07) is 5.65. The maximum Gasteiger partial charge on any atom is 0.276 e. The molecule has 2 amide bonds. The van der Waals surface area contributed by atoms with Crippen molar-refractivity contribution >= 4 is 23.2 Å². The fourth-order valence-corrected chi connectivity index (χ4v) is 2.14. The van der Waals surface area contributed by atoms with E-state index in [0.29, 0.717) is 11.6 Å². The van der Waals surface area contributed by atoms with Crippen LogP contribution in [0.4, 0.5) is 15.8 Å². The average Bonchev–Trinajstić information content (AvgIpc) is 3.19. The van der Waals surface area contributed by atoms with Gasteiger partial charge in [0.15, 0.2) is 5.69 Å². The SMILES string of the molecule is CC(=O)Nc1ccc(F)c(NC(=O)c2cc(C3CC3)[nH]n2)c1. The summed E-state index contributed by atoms with van der Waals surface area (Å²) >= 11 is 0. The molecule has 0 unspecified atom stereocenters. The highest BCUT2D eigenvalue weighted by atomic mass is 19.1. The first-order valence-corrected chi connectivity index (χ1v) is 6.96. The van der Waals surface area contributed by atoms with Crippen molar-refractivity contribution in [2.75, 3.05) is 10.6 Å². The third kappa shape index (κ3) is 3.13. The summed E-state index contributed by atoms with van der Waals surface area (Å²) in [6.07, 6.45) is 2.19. The van der Waals surface area contributed by atoms with Crippen LogP contribution >= 0.6 is 0 Å². The van der Waals surface area contributed by atoms with Gasteiger partial charge < -0.3 is 10.6 Å². The minimum Gasteiger partial charge on any atom is -0.326 e. The summed E-state index contributed by atoms with van der Waals surface area (Å²) in [7, 11) is 0. The van der Waals surface area contributed by atoms with Crippen LogP contribution in [0, 0.1) is 5.82 Å². The number of rotatable bonds is 4. The Kier molecular flexibility index (Phi) is 3.62. The summed E-state index contributed by atoms with van der Waals surface area (Å²) in [5.41, 5.74) is 1.54. The quantitative estimate of drug-likeness (QED) is 0.811. The number of anilines is 2. The van der Waals surface area contributed by atoms with Crippen molar-refractivity contribution in [3.05, 3.63) is 41.5 Å². The molecule has 0 spiro atoms. The van der Waals surface area contributed by atoms with Crippen LogP contribution in [0.3, 0.4) is 0 Å². The monoisotopic (exact) mass is 302 g/mol. The van der Waals surface area contributed by atoms with Crippen LogP contribution in [0.2, 0.25) is 0 Å². The number of carbonyl (C=O) groups excluding carboxylic acids is 2. The molecular formula is C15H15FN4O2. The highest BCUT2D eigenvalue weighted by Gasteiger charge is 2.26. The van der Waals surface area contributed by atoms with Gasteiger partial charge in [-0.1, -0.05) is 0 Å². The van der Waals surface area contributed by atoms with Gasteiger partial charge in [0.25, 0.3) is 5.91 Å². The number of H-pyrrole nitrogens is 1. The van der Waals surface area contributed by atoms with Crippen molar-refractivity contribution in [2.45, 2.75) is 25.7 Å². The summed E-state index contributed by atoms with van der Waals surface area (Å²) in [4.78, 5) is 23.1. The summed E-state index contributed by atoms with van der Waals surface area (Å²) < 4.78 is 13.8. The van der Waals surface area contributed by atoms with Gasteiger partial charge in [0.1, 0.15) is 5.82 Å². The predicted molar refractivity (Wildman–Crippen MR) is 79.2 cm³/mol. The Morgan fingerprint density at radius 3 is 2.73 bits per heavy atom. The topological polar surface area (TPSA) is 86.9 Å². The van der Waals surface area contributed by atoms with Gasteiger partial charge in [0, 0.05) is 24.2 Å². The average molecular weight is 302 g/mol. The van der Waals surface area contributed by atoms with E-state index in [0.717, 1.165) is 18.5 Å². The number of nitrogens with zero attached hydrogens (tertiary/aromatic N) is 1. The molecule has 22 heavy (non-hydrogen) atoms. The molecule has 2 aromatic rings. The molecule has 0 atom stereocenters. The molecule has 1 aromatic carbocycles. The molecule has 1 saturated carbocycles. The van der Waals surface area contributed by atoms with Gasteiger partial charge in [-0.25, -0.2) is 4.39 Å². The van der Waals surface area contributed by atoms with Crippen LogP contribution in [0.5, 0.6) is 0 Å². The maximum atomic E-state index is 13.8. The lowest BCUT2D eigenvalue weighted by Crippen LogP contribution is -2.14. The smallest absolute Gasteiger partial charge is 0.276 e. The maximum absolute atomic E-state index is 13.8. The van der Waals surface area contributed by atoms with E-state index in [-0.39, 0.29) is 17.3 Å². The number of halogens is 1. The largest absolute Gasteiger partial charge is 0.326 e. The fraction of sp³-hybridized carbons (Fsp3) is 0.267. The Morgan fingerprint density at radius 1 is 1.27 bits per heavy atom. The van der Waals surface area contributed by atoms with Crippen molar-refractivity contribution < 1.29 is 14.0 Å². The van der Waals surface area contributed by atoms with E-state index in [1.54, 1.807) is 6.07 Å². The van der Waals surface area contributed by atoms with Gasteiger partial charge in [-0.3, -0.25) is 14.7 Å². The molecule has 0 radical (unpaired) electrons. The Morgan fingerprint density at radius 2 is 2.05 bits per heavy atom.